The fourth-order valence-electron chi connectivity index (χ4n) is 4.67. The molecule has 0 bridgehead atoms. The van der Waals surface area contributed by atoms with Gasteiger partial charge in [-0.2, -0.15) is 4.57 Å². The zero-order valence-corrected chi connectivity index (χ0v) is 22.8. The Morgan fingerprint density at radius 2 is 2.09 bits per heavy atom. The van der Waals surface area contributed by atoms with Crippen molar-refractivity contribution in [1.29, 1.82) is 0 Å². The van der Waals surface area contributed by atoms with E-state index >= 15 is 0 Å². The van der Waals surface area contributed by atoms with E-state index in [4.69, 9.17) is 22.1 Å². The molecule has 34 heavy (non-hydrogen) atoms. The van der Waals surface area contributed by atoms with Gasteiger partial charge in [0.15, 0.2) is 6.20 Å². The number of hydrazine groups is 1. The molecule has 3 aliphatic rings. The number of nitrogens with zero attached hydrogens (tertiary/aromatic N) is 3. The summed E-state index contributed by atoms with van der Waals surface area (Å²) in [5.41, 5.74) is 12.2. The number of rotatable bonds is 9. The fourth-order valence-corrected chi connectivity index (χ4v) is 5.50. The summed E-state index contributed by atoms with van der Waals surface area (Å²) in [6, 6.07) is 1.95. The number of likely N-dealkylation sites (tertiary alicyclic amines) is 1. The number of halogens is 2. The summed E-state index contributed by atoms with van der Waals surface area (Å²) >= 11 is 10.1. The van der Waals surface area contributed by atoms with E-state index in [-0.39, 0.29) is 5.92 Å². The summed E-state index contributed by atoms with van der Waals surface area (Å²) in [4.78, 5) is 2.23. The van der Waals surface area contributed by atoms with Crippen LogP contribution in [0.4, 0.5) is 0 Å². The number of pyridine rings is 1. The second-order valence-corrected chi connectivity index (χ2v) is 11.3. The van der Waals surface area contributed by atoms with E-state index in [1.54, 1.807) is 0 Å². The van der Waals surface area contributed by atoms with Crippen molar-refractivity contribution in [2.45, 2.75) is 38.7 Å². The zero-order valence-electron chi connectivity index (χ0n) is 20.4. The zero-order chi connectivity index (χ0) is 24.6. The number of nitrogens with one attached hydrogen (secondary N) is 1. The number of allylic oxidation sites excluding steroid dienone is 3. The maximum atomic E-state index is 10.0. The van der Waals surface area contributed by atoms with Crippen LogP contribution in [-0.4, -0.2) is 53.8 Å². The molecule has 0 amide bonds. The summed E-state index contributed by atoms with van der Waals surface area (Å²) in [5.74, 6) is 2.15. The van der Waals surface area contributed by atoms with Gasteiger partial charge in [-0.1, -0.05) is 18.5 Å². The third kappa shape index (κ3) is 5.79. The number of hydrogen-bond acceptors (Lipinski definition) is 6. The maximum absolute atomic E-state index is 10.0. The summed E-state index contributed by atoms with van der Waals surface area (Å²) in [5, 5.41) is 12.9. The SMILES string of the molecule is CNN(CC1CC1)C1=CC=C(Oc2c(CCN3CC(C)(O)C3)cc(Cl)c[n+]2C)C(Br)=C(N)C1C. The predicted molar refractivity (Wildman–Crippen MR) is 138 cm³/mol. The quantitative estimate of drug-likeness (QED) is 0.322. The minimum atomic E-state index is -0.585. The molecule has 2 heterocycles. The Balaban J connectivity index is 1.59. The fraction of sp³-hybridized carbons (Fsp3) is 0.560. The number of aryl methyl sites for hydroxylation is 1. The average molecular weight is 554 g/mol. The van der Waals surface area contributed by atoms with E-state index in [1.807, 2.05) is 43.9 Å². The first-order valence-corrected chi connectivity index (χ1v) is 13.1. The van der Waals surface area contributed by atoms with Gasteiger partial charge >= 0.3 is 5.88 Å². The first kappa shape index (κ1) is 25.5. The second kappa shape index (κ2) is 10.2. The van der Waals surface area contributed by atoms with Crippen molar-refractivity contribution in [3.05, 3.63) is 56.6 Å². The molecule has 4 rings (SSSR count). The standard InChI is InChI=1S/C25H36BrClN5O2/c1-16-20(32(29-3)12-17-5-6-17)7-8-21(22(26)23(16)28)34-24-18(11-19(27)13-30(24)4)9-10-31-14-25(2,33)15-31/h7-8,11,13,16-17,29,33H,5-6,9-10,12,14-15,28H2,1-4H3/q+1. The van der Waals surface area contributed by atoms with E-state index in [0.29, 0.717) is 23.9 Å². The molecule has 2 aliphatic carbocycles. The summed E-state index contributed by atoms with van der Waals surface area (Å²) in [7, 11) is 3.88. The Kier molecular flexibility index (Phi) is 7.64. The number of nitrogens with two attached hydrogens (primary N) is 1. The molecule has 1 aliphatic heterocycles. The lowest BCUT2D eigenvalue weighted by molar-refractivity contribution is -0.676. The van der Waals surface area contributed by atoms with Gasteiger partial charge in [-0.15, -0.1) is 0 Å². The predicted octanol–water partition coefficient (Wildman–Crippen LogP) is 2.98. The number of β-amino-alcohol motifs (C(OH)–C–C–N with tert-alkyl or cyclic N) is 1. The maximum Gasteiger partial charge on any atom is 0.376 e. The van der Waals surface area contributed by atoms with Crippen LogP contribution >= 0.6 is 27.5 Å². The van der Waals surface area contributed by atoms with E-state index in [1.165, 1.54) is 12.8 Å². The molecule has 1 aromatic heterocycles. The van der Waals surface area contributed by atoms with E-state index in [9.17, 15) is 5.11 Å². The van der Waals surface area contributed by atoms with Gasteiger partial charge in [0.05, 0.1) is 15.6 Å². The Labute approximate surface area is 216 Å². The van der Waals surface area contributed by atoms with Gasteiger partial charge in [0.1, 0.15) is 17.8 Å². The molecule has 7 nitrogen and oxygen atoms in total. The Bertz CT molecular complexity index is 1030. The molecule has 1 atom stereocenters. The van der Waals surface area contributed by atoms with Crippen molar-refractivity contribution in [2.75, 3.05) is 33.2 Å². The lowest BCUT2D eigenvalue weighted by atomic mass is 9.96. The minimum Gasteiger partial charge on any atom is -0.404 e. The molecular formula is C25H36BrClN5O2+. The van der Waals surface area contributed by atoms with Crippen LogP contribution in [0.3, 0.4) is 0 Å². The van der Waals surface area contributed by atoms with E-state index in [2.05, 4.69) is 44.3 Å². The smallest absolute Gasteiger partial charge is 0.376 e. The van der Waals surface area contributed by atoms with Gasteiger partial charge in [-0.25, -0.2) is 5.43 Å². The molecule has 186 valence electrons. The second-order valence-electron chi connectivity index (χ2n) is 10.1. The van der Waals surface area contributed by atoms with Gasteiger partial charge in [0, 0.05) is 50.5 Å². The minimum absolute atomic E-state index is 0.0237. The van der Waals surface area contributed by atoms with E-state index < -0.39 is 5.60 Å². The largest absolute Gasteiger partial charge is 0.404 e. The van der Waals surface area contributed by atoms with Crippen LogP contribution < -0.4 is 20.5 Å². The Morgan fingerprint density at radius 1 is 1.38 bits per heavy atom. The number of hydrogen-bond donors (Lipinski definition) is 3. The third-order valence-electron chi connectivity index (χ3n) is 6.76. The first-order chi connectivity index (χ1) is 16.1. The molecule has 0 radical (unpaired) electrons. The highest BCUT2D eigenvalue weighted by Crippen LogP contribution is 2.36. The molecule has 4 N–H and O–H groups in total. The first-order valence-electron chi connectivity index (χ1n) is 11.9. The van der Waals surface area contributed by atoms with Crippen LogP contribution in [0.25, 0.3) is 0 Å². The van der Waals surface area contributed by atoms with Gasteiger partial charge in [-0.05, 0) is 66.3 Å². The normalized spacial score (nSPS) is 22.6. The summed E-state index contributed by atoms with van der Waals surface area (Å²) in [6.45, 7) is 7.14. The average Bonchev–Trinajstić information content (AvgIpc) is 3.59. The van der Waals surface area contributed by atoms with Gasteiger partial charge < -0.3 is 20.6 Å². The summed E-state index contributed by atoms with van der Waals surface area (Å²) < 4.78 is 9.16. The highest BCUT2D eigenvalue weighted by Gasteiger charge is 2.36. The van der Waals surface area contributed by atoms with Crippen LogP contribution in [-0.2, 0) is 13.5 Å². The van der Waals surface area contributed by atoms with Gasteiger partial charge in [0.25, 0.3) is 0 Å². The number of aliphatic hydroxyl groups is 1. The number of aromatic nitrogens is 1. The van der Waals surface area contributed by atoms with Crippen LogP contribution in [0, 0.1) is 11.8 Å². The summed E-state index contributed by atoms with van der Waals surface area (Å²) in [6.07, 6.45) is 9.25. The van der Waals surface area contributed by atoms with Gasteiger partial charge in [0.2, 0.25) is 0 Å². The highest BCUT2D eigenvalue weighted by molar-refractivity contribution is 9.12. The number of ether oxygens (including phenoxy) is 1. The van der Waals surface area contributed by atoms with Crippen LogP contribution in [0.15, 0.2) is 46.1 Å². The van der Waals surface area contributed by atoms with Crippen LogP contribution in [0.2, 0.25) is 5.02 Å². The van der Waals surface area contributed by atoms with E-state index in [0.717, 1.165) is 52.7 Å². The van der Waals surface area contributed by atoms with Crippen LogP contribution in [0.5, 0.6) is 5.88 Å². The molecule has 1 aromatic rings. The molecule has 0 aromatic carbocycles. The molecule has 1 unspecified atom stereocenters. The molecule has 9 heteroatoms. The topological polar surface area (TPSA) is 77.9 Å². The molecular weight excluding hydrogens is 518 g/mol. The van der Waals surface area contributed by atoms with Crippen molar-refractivity contribution >= 4 is 27.5 Å². The molecule has 1 saturated carbocycles. The Morgan fingerprint density at radius 3 is 2.71 bits per heavy atom. The molecule has 1 saturated heterocycles. The monoisotopic (exact) mass is 552 g/mol. The van der Waals surface area contributed by atoms with Crippen molar-refractivity contribution in [2.24, 2.45) is 24.6 Å². The molecule has 0 spiro atoms. The van der Waals surface area contributed by atoms with Crippen LogP contribution in [0.1, 0.15) is 32.3 Å². The third-order valence-corrected chi connectivity index (χ3v) is 7.82. The molecule has 2 fully saturated rings. The lowest BCUT2D eigenvalue weighted by Crippen LogP contribution is -2.60. The highest BCUT2D eigenvalue weighted by atomic mass is 79.9. The van der Waals surface area contributed by atoms with Crippen molar-refractivity contribution < 1.29 is 14.4 Å². The van der Waals surface area contributed by atoms with Gasteiger partial charge in [-0.3, -0.25) is 4.90 Å². The van der Waals surface area contributed by atoms with Crippen molar-refractivity contribution in [1.82, 2.24) is 15.3 Å². The lowest BCUT2D eigenvalue weighted by Gasteiger charge is -2.44. The Hall–Kier alpha value is -1.58. The van der Waals surface area contributed by atoms with Crippen molar-refractivity contribution in [3.8, 4) is 5.88 Å². The van der Waals surface area contributed by atoms with Crippen molar-refractivity contribution in [3.63, 3.8) is 0 Å².